The number of nitrogens with two attached hydrogens (primary N) is 2. The molecule has 0 bridgehead atoms. The Kier molecular flexibility index (Phi) is 6.19. The topological polar surface area (TPSA) is 79.7 Å². The van der Waals surface area contributed by atoms with Crippen LogP contribution < -0.4 is 11.6 Å². The second kappa shape index (κ2) is 6.28. The summed E-state index contributed by atoms with van der Waals surface area (Å²) >= 11 is 0. The summed E-state index contributed by atoms with van der Waals surface area (Å²) in [6.45, 7) is 4.83. The van der Waals surface area contributed by atoms with Crippen LogP contribution in [0, 0.1) is 0 Å². The molecule has 80 valence electrons. The molecule has 0 aromatic rings. The molecule has 0 aliphatic rings. The molecule has 0 amide bonds. The summed E-state index contributed by atoms with van der Waals surface area (Å²) in [5, 5.41) is 0. The smallest absolute Gasteiger partial charge is 0.0904 e. The molecule has 1 unspecified atom stereocenters. The van der Waals surface area contributed by atoms with E-state index in [1.807, 2.05) is 13.8 Å². The summed E-state index contributed by atoms with van der Waals surface area (Å²) in [7, 11) is 1.58. The molecular weight excluding hydrogens is 172 g/mol. The van der Waals surface area contributed by atoms with Gasteiger partial charge >= 0.3 is 0 Å². The fourth-order valence-electron chi connectivity index (χ4n) is 0.911. The molecular formula is C8H20N2O3. The van der Waals surface area contributed by atoms with Gasteiger partial charge in [0, 0.05) is 7.11 Å². The van der Waals surface area contributed by atoms with Crippen LogP contribution in [0.15, 0.2) is 0 Å². The maximum Gasteiger partial charge on any atom is 0.0904 e. The Hall–Kier alpha value is -0.200. The van der Waals surface area contributed by atoms with E-state index < -0.39 is 5.54 Å². The van der Waals surface area contributed by atoms with Gasteiger partial charge in [0.1, 0.15) is 0 Å². The molecule has 5 heteroatoms. The molecule has 0 aliphatic carbocycles. The SMILES string of the molecule is COCC(N)(CON)COC(C)C. The lowest BCUT2D eigenvalue weighted by molar-refractivity contribution is -0.0294. The van der Waals surface area contributed by atoms with Crippen LogP contribution in [-0.2, 0) is 14.3 Å². The normalized spacial score (nSPS) is 16.2. The van der Waals surface area contributed by atoms with Crippen LogP contribution in [0.4, 0.5) is 0 Å². The zero-order valence-electron chi connectivity index (χ0n) is 8.58. The van der Waals surface area contributed by atoms with E-state index in [4.69, 9.17) is 21.1 Å². The molecule has 0 aliphatic heterocycles. The highest BCUT2D eigenvalue weighted by Crippen LogP contribution is 2.04. The van der Waals surface area contributed by atoms with Crippen molar-refractivity contribution in [3.05, 3.63) is 0 Å². The Labute approximate surface area is 79.3 Å². The maximum absolute atomic E-state index is 5.91. The van der Waals surface area contributed by atoms with E-state index in [-0.39, 0.29) is 12.7 Å². The molecule has 0 aromatic heterocycles. The summed E-state index contributed by atoms with van der Waals surface area (Å²) in [5.74, 6) is 4.96. The van der Waals surface area contributed by atoms with Crippen LogP contribution >= 0.6 is 0 Å². The van der Waals surface area contributed by atoms with E-state index in [2.05, 4.69) is 4.84 Å². The van der Waals surface area contributed by atoms with Crippen molar-refractivity contribution in [1.29, 1.82) is 0 Å². The predicted octanol–water partition coefficient (Wildman–Crippen LogP) is -0.354. The molecule has 0 radical (unpaired) electrons. The lowest BCUT2D eigenvalue weighted by Gasteiger charge is -2.27. The van der Waals surface area contributed by atoms with E-state index in [1.165, 1.54) is 0 Å². The predicted molar refractivity (Wildman–Crippen MR) is 50.0 cm³/mol. The van der Waals surface area contributed by atoms with Gasteiger partial charge in [-0.15, -0.1) is 0 Å². The molecule has 0 saturated carbocycles. The average molecular weight is 192 g/mol. The fourth-order valence-corrected chi connectivity index (χ4v) is 0.911. The van der Waals surface area contributed by atoms with Gasteiger partial charge in [-0.3, -0.25) is 0 Å². The quantitative estimate of drug-likeness (QED) is 0.539. The Morgan fingerprint density at radius 3 is 2.23 bits per heavy atom. The molecule has 0 heterocycles. The number of hydrogen-bond acceptors (Lipinski definition) is 5. The van der Waals surface area contributed by atoms with Gasteiger partial charge in [-0.25, -0.2) is 5.90 Å². The van der Waals surface area contributed by atoms with Crippen molar-refractivity contribution in [2.75, 3.05) is 26.9 Å². The van der Waals surface area contributed by atoms with Crippen LogP contribution in [0.1, 0.15) is 13.8 Å². The average Bonchev–Trinajstić information content (AvgIpc) is 2.02. The summed E-state index contributed by atoms with van der Waals surface area (Å²) in [6.07, 6.45) is 0.137. The second-order valence-electron chi connectivity index (χ2n) is 3.47. The van der Waals surface area contributed by atoms with Gasteiger partial charge in [-0.05, 0) is 13.8 Å². The van der Waals surface area contributed by atoms with E-state index >= 15 is 0 Å². The van der Waals surface area contributed by atoms with Crippen LogP contribution in [0.2, 0.25) is 0 Å². The third-order valence-electron chi connectivity index (χ3n) is 1.51. The fraction of sp³-hybridized carbons (Fsp3) is 1.00. The van der Waals surface area contributed by atoms with Gasteiger partial charge in [0.15, 0.2) is 0 Å². The number of methoxy groups -OCH3 is 1. The minimum absolute atomic E-state index is 0.137. The second-order valence-corrected chi connectivity index (χ2v) is 3.47. The van der Waals surface area contributed by atoms with Crippen LogP contribution in [-0.4, -0.2) is 38.6 Å². The largest absolute Gasteiger partial charge is 0.383 e. The number of ether oxygens (including phenoxy) is 2. The highest BCUT2D eigenvalue weighted by atomic mass is 16.6. The standard InChI is InChI=1S/C8H20N2O3/c1-7(2)12-5-8(9,4-11-3)6-13-10/h7H,4-6,9-10H2,1-3H3. The summed E-state index contributed by atoms with van der Waals surface area (Å²) in [6, 6.07) is 0. The lowest BCUT2D eigenvalue weighted by atomic mass is 10.1. The molecule has 0 aromatic carbocycles. The first-order chi connectivity index (χ1) is 6.04. The molecule has 4 N–H and O–H groups in total. The van der Waals surface area contributed by atoms with Gasteiger partial charge in [-0.2, -0.15) is 0 Å². The van der Waals surface area contributed by atoms with Gasteiger partial charge in [-0.1, -0.05) is 0 Å². The van der Waals surface area contributed by atoms with E-state index in [0.29, 0.717) is 13.2 Å². The molecule has 0 saturated heterocycles. The summed E-state index contributed by atoms with van der Waals surface area (Å²) in [4.78, 5) is 4.51. The van der Waals surface area contributed by atoms with Crippen molar-refractivity contribution >= 4 is 0 Å². The van der Waals surface area contributed by atoms with Crippen molar-refractivity contribution in [2.45, 2.75) is 25.5 Å². The summed E-state index contributed by atoms with van der Waals surface area (Å²) in [5.41, 5.74) is 5.25. The van der Waals surface area contributed by atoms with E-state index in [1.54, 1.807) is 7.11 Å². The molecule has 0 fully saturated rings. The molecule has 13 heavy (non-hydrogen) atoms. The van der Waals surface area contributed by atoms with E-state index in [9.17, 15) is 0 Å². The van der Waals surface area contributed by atoms with Gasteiger partial charge in [0.2, 0.25) is 0 Å². The highest BCUT2D eigenvalue weighted by molar-refractivity contribution is 4.83. The Balaban J connectivity index is 3.91. The van der Waals surface area contributed by atoms with Crippen molar-refractivity contribution in [2.24, 2.45) is 11.6 Å². The van der Waals surface area contributed by atoms with Crippen molar-refractivity contribution in [1.82, 2.24) is 0 Å². The third-order valence-corrected chi connectivity index (χ3v) is 1.51. The molecule has 5 nitrogen and oxygen atoms in total. The Morgan fingerprint density at radius 1 is 1.23 bits per heavy atom. The van der Waals surface area contributed by atoms with Crippen molar-refractivity contribution in [3.63, 3.8) is 0 Å². The minimum atomic E-state index is -0.659. The Bertz CT molecular complexity index is 125. The molecule has 1 atom stereocenters. The monoisotopic (exact) mass is 192 g/mol. The molecule has 0 rings (SSSR count). The van der Waals surface area contributed by atoms with Gasteiger partial charge < -0.3 is 20.0 Å². The first kappa shape index (κ1) is 12.8. The maximum atomic E-state index is 5.91. The van der Waals surface area contributed by atoms with Crippen LogP contribution in [0.3, 0.4) is 0 Å². The first-order valence-electron chi connectivity index (χ1n) is 4.25. The van der Waals surface area contributed by atoms with Crippen molar-refractivity contribution < 1.29 is 14.3 Å². The zero-order chi connectivity index (χ0) is 10.3. The van der Waals surface area contributed by atoms with Gasteiger partial charge in [0.25, 0.3) is 0 Å². The van der Waals surface area contributed by atoms with Crippen LogP contribution in [0.5, 0.6) is 0 Å². The zero-order valence-corrected chi connectivity index (χ0v) is 8.58. The lowest BCUT2D eigenvalue weighted by Crippen LogP contribution is -2.53. The highest BCUT2D eigenvalue weighted by Gasteiger charge is 2.26. The van der Waals surface area contributed by atoms with Gasteiger partial charge in [0.05, 0.1) is 31.5 Å². The van der Waals surface area contributed by atoms with Crippen LogP contribution in [0.25, 0.3) is 0 Å². The molecule has 0 spiro atoms. The number of rotatable bonds is 7. The first-order valence-corrected chi connectivity index (χ1v) is 4.25. The third kappa shape index (κ3) is 5.95. The summed E-state index contributed by atoms with van der Waals surface area (Å²) < 4.78 is 10.3. The Morgan fingerprint density at radius 2 is 1.85 bits per heavy atom. The number of hydrogen-bond donors (Lipinski definition) is 2. The van der Waals surface area contributed by atoms with Crippen molar-refractivity contribution in [3.8, 4) is 0 Å². The van der Waals surface area contributed by atoms with E-state index in [0.717, 1.165) is 0 Å². The minimum Gasteiger partial charge on any atom is -0.383 e.